The summed E-state index contributed by atoms with van der Waals surface area (Å²) in [5.74, 6) is -4.13. The fourth-order valence-corrected chi connectivity index (χ4v) is 8.34. The third-order valence-electron chi connectivity index (χ3n) is 10.00. The standard InChI is InChI=1S/C40H32BF2N8O6S/c1-3-17-58(56,57)48-29-12-11-28(42)37(35(29)43)50-20-26(22-18-44-21-45-19-22)36-30(50)13-15-32(46-36)49(2)24-9-7-23(8-10-24)41-27-6-4-5-25-34(27)40(55)51(39(25)54)31-14-16-33(52)47-38(31)53/h4-13,15,18-21,31,48H,3,14,16-17H2,1-2H3,(H,47,52,53). The topological polar surface area (TPSA) is 177 Å². The molecule has 58 heavy (non-hydrogen) atoms. The van der Waals surface area contributed by atoms with Crippen LogP contribution in [-0.2, 0) is 19.6 Å². The minimum Gasteiger partial charge on any atom is -0.329 e. The third-order valence-corrected chi connectivity index (χ3v) is 11.5. The summed E-state index contributed by atoms with van der Waals surface area (Å²) in [5, 5.41) is 2.20. The molecule has 0 spiro atoms. The maximum Gasteiger partial charge on any atom is 0.262 e. The molecule has 1 atom stereocenters. The number of carbonyl (C=O) groups excluding carboxylic acids is 4. The largest absolute Gasteiger partial charge is 0.329 e. The Hall–Kier alpha value is -6.82. The molecule has 2 aliphatic rings. The number of amides is 4. The van der Waals surface area contributed by atoms with Crippen LogP contribution in [0.4, 0.5) is 26.0 Å². The van der Waals surface area contributed by atoms with Crippen molar-refractivity contribution in [1.29, 1.82) is 0 Å². The second kappa shape index (κ2) is 14.9. The zero-order chi connectivity index (χ0) is 40.9. The first-order valence-corrected chi connectivity index (χ1v) is 19.8. The normalized spacial score (nSPS) is 15.4. The highest BCUT2D eigenvalue weighted by molar-refractivity contribution is 7.92. The number of sulfonamides is 1. The third kappa shape index (κ3) is 6.84. The number of piperidine rings is 1. The number of nitrogens with one attached hydrogen (secondary N) is 2. The fraction of sp³-hybridized carbons (Fsp3) is 0.175. The van der Waals surface area contributed by atoms with Crippen LogP contribution in [0.25, 0.3) is 27.8 Å². The molecule has 18 heteroatoms. The molecule has 2 N–H and O–H groups in total. The van der Waals surface area contributed by atoms with Gasteiger partial charge < -0.3 is 9.47 Å². The molecule has 1 radical (unpaired) electrons. The van der Waals surface area contributed by atoms with Gasteiger partial charge in [-0.2, -0.15) is 0 Å². The summed E-state index contributed by atoms with van der Waals surface area (Å²) in [6, 6.07) is 16.5. The van der Waals surface area contributed by atoms with E-state index in [1.54, 1.807) is 62.8 Å². The molecule has 1 unspecified atom stereocenters. The van der Waals surface area contributed by atoms with E-state index in [2.05, 4.69) is 20.0 Å². The molecule has 0 saturated carbocycles. The lowest BCUT2D eigenvalue weighted by atomic mass is 9.62. The van der Waals surface area contributed by atoms with E-state index in [1.807, 2.05) is 24.3 Å². The minimum absolute atomic E-state index is 0.0182. The van der Waals surface area contributed by atoms with Gasteiger partial charge in [-0.3, -0.25) is 34.1 Å². The summed E-state index contributed by atoms with van der Waals surface area (Å²) in [4.78, 5) is 67.0. The molecule has 3 aromatic heterocycles. The number of carbonyl (C=O) groups is 4. The first kappa shape index (κ1) is 38.1. The van der Waals surface area contributed by atoms with Gasteiger partial charge in [-0.1, -0.05) is 42.1 Å². The highest BCUT2D eigenvalue weighted by Gasteiger charge is 2.45. The number of rotatable bonds is 11. The predicted octanol–water partition coefficient (Wildman–Crippen LogP) is 3.74. The van der Waals surface area contributed by atoms with Gasteiger partial charge in [0.25, 0.3) is 11.8 Å². The van der Waals surface area contributed by atoms with Crippen LogP contribution in [0.2, 0.25) is 0 Å². The number of aromatic nitrogens is 4. The Morgan fingerprint density at radius 2 is 1.71 bits per heavy atom. The number of imide groups is 2. The summed E-state index contributed by atoms with van der Waals surface area (Å²) in [5.41, 5.74) is 3.03. The van der Waals surface area contributed by atoms with E-state index in [-0.39, 0.29) is 29.7 Å². The second-order valence-corrected chi connectivity index (χ2v) is 15.6. The van der Waals surface area contributed by atoms with Gasteiger partial charge in [-0.15, -0.1) is 0 Å². The quantitative estimate of drug-likeness (QED) is 0.145. The summed E-state index contributed by atoms with van der Waals surface area (Å²) >= 11 is 0. The van der Waals surface area contributed by atoms with Crippen molar-refractivity contribution >= 4 is 80.1 Å². The number of nitrogens with zero attached hydrogens (tertiary/aromatic N) is 6. The van der Waals surface area contributed by atoms with Gasteiger partial charge in [-0.05, 0) is 55.3 Å². The van der Waals surface area contributed by atoms with Crippen LogP contribution in [0.5, 0.6) is 0 Å². The minimum atomic E-state index is -3.88. The van der Waals surface area contributed by atoms with E-state index >= 15 is 8.78 Å². The molecule has 0 aliphatic carbocycles. The van der Waals surface area contributed by atoms with Crippen LogP contribution >= 0.6 is 0 Å². The van der Waals surface area contributed by atoms with Gasteiger partial charge in [0.05, 0.1) is 28.0 Å². The first-order chi connectivity index (χ1) is 27.8. The van der Waals surface area contributed by atoms with Crippen LogP contribution in [0.1, 0.15) is 46.9 Å². The maximum atomic E-state index is 16.0. The number of hydrogen-bond acceptors (Lipinski definition) is 10. The molecule has 0 bridgehead atoms. The van der Waals surface area contributed by atoms with Crippen LogP contribution < -0.4 is 25.9 Å². The molecule has 5 heterocycles. The van der Waals surface area contributed by atoms with Crippen molar-refractivity contribution in [2.24, 2.45) is 0 Å². The molecule has 4 amide bonds. The Morgan fingerprint density at radius 1 is 0.948 bits per heavy atom. The van der Waals surface area contributed by atoms with Gasteiger partial charge in [0.2, 0.25) is 21.8 Å². The molecule has 291 valence electrons. The van der Waals surface area contributed by atoms with Crippen LogP contribution in [0.3, 0.4) is 0 Å². The van der Waals surface area contributed by atoms with Crippen molar-refractivity contribution in [3.8, 4) is 16.8 Å². The number of pyridine rings is 1. The SMILES string of the molecule is CCCS(=O)(=O)Nc1ccc(F)c(-n2cc(-c3cncnc3)c3nc(N(C)c4ccc([B]c5cccc6c5C(=O)N(C5CCC(=O)NC5=O)C6=O)cc4)ccc32)c1F. The summed E-state index contributed by atoms with van der Waals surface area (Å²) < 4.78 is 60.0. The van der Waals surface area contributed by atoms with Crippen molar-refractivity contribution in [2.45, 2.75) is 32.2 Å². The van der Waals surface area contributed by atoms with Gasteiger partial charge >= 0.3 is 0 Å². The van der Waals surface area contributed by atoms with E-state index < -0.39 is 62.7 Å². The van der Waals surface area contributed by atoms with Gasteiger partial charge in [0.1, 0.15) is 29.7 Å². The van der Waals surface area contributed by atoms with Crippen molar-refractivity contribution in [3.63, 3.8) is 0 Å². The van der Waals surface area contributed by atoms with Gasteiger partial charge in [-0.25, -0.2) is 32.2 Å². The lowest BCUT2D eigenvalue weighted by molar-refractivity contribution is -0.136. The lowest BCUT2D eigenvalue weighted by Gasteiger charge is -2.27. The van der Waals surface area contributed by atoms with E-state index in [4.69, 9.17) is 4.98 Å². The number of halogens is 2. The van der Waals surface area contributed by atoms with Crippen LogP contribution in [0, 0.1) is 11.6 Å². The first-order valence-electron chi connectivity index (χ1n) is 18.1. The Labute approximate surface area is 331 Å². The Kier molecular flexibility index (Phi) is 9.80. The molecule has 2 aliphatic heterocycles. The zero-order valence-corrected chi connectivity index (χ0v) is 31.8. The molecular weight excluding hydrogens is 769 g/mol. The molecule has 3 aromatic carbocycles. The van der Waals surface area contributed by atoms with Gasteiger partial charge in [0.15, 0.2) is 13.1 Å². The Balaban J connectivity index is 1.09. The molecule has 6 aromatic rings. The molecular formula is C40H32BF2N8O6S. The second-order valence-electron chi connectivity index (χ2n) is 13.8. The Morgan fingerprint density at radius 3 is 2.43 bits per heavy atom. The average molecular weight is 802 g/mol. The van der Waals surface area contributed by atoms with E-state index in [1.165, 1.54) is 23.2 Å². The summed E-state index contributed by atoms with van der Waals surface area (Å²) in [6.07, 6.45) is 6.30. The van der Waals surface area contributed by atoms with Gasteiger partial charge in [0, 0.05) is 54.4 Å². The monoisotopic (exact) mass is 801 g/mol. The van der Waals surface area contributed by atoms with Crippen molar-refractivity contribution in [2.75, 3.05) is 22.4 Å². The summed E-state index contributed by atoms with van der Waals surface area (Å²) in [6.45, 7) is 1.67. The van der Waals surface area contributed by atoms with Crippen LogP contribution in [-0.4, -0.2) is 82.6 Å². The predicted molar refractivity (Wildman–Crippen MR) is 212 cm³/mol. The van der Waals surface area contributed by atoms with E-state index in [0.29, 0.717) is 51.0 Å². The van der Waals surface area contributed by atoms with E-state index in [0.717, 1.165) is 17.0 Å². The maximum absolute atomic E-state index is 16.0. The molecule has 8 rings (SSSR count). The van der Waals surface area contributed by atoms with Crippen molar-refractivity contribution < 1.29 is 36.4 Å². The highest BCUT2D eigenvalue weighted by atomic mass is 32.2. The highest BCUT2D eigenvalue weighted by Crippen LogP contribution is 2.36. The number of hydrogen-bond donors (Lipinski definition) is 2. The van der Waals surface area contributed by atoms with E-state index in [9.17, 15) is 27.6 Å². The molecule has 1 saturated heterocycles. The zero-order valence-electron chi connectivity index (χ0n) is 30.9. The number of benzene rings is 3. The molecule has 1 fully saturated rings. The smallest absolute Gasteiger partial charge is 0.262 e. The summed E-state index contributed by atoms with van der Waals surface area (Å²) in [7, 11) is -0.337. The van der Waals surface area contributed by atoms with Crippen molar-refractivity contribution in [3.05, 3.63) is 114 Å². The number of anilines is 3. The number of fused-ring (bicyclic) bond motifs is 2. The Bertz CT molecular complexity index is 2790. The average Bonchev–Trinajstić information content (AvgIpc) is 3.70. The lowest BCUT2D eigenvalue weighted by Crippen LogP contribution is -2.54. The van der Waals surface area contributed by atoms with Crippen molar-refractivity contribution in [1.82, 2.24) is 29.7 Å². The molecule has 14 nitrogen and oxygen atoms in total. The van der Waals surface area contributed by atoms with Crippen LogP contribution in [0.15, 0.2) is 91.6 Å². The fourth-order valence-electron chi connectivity index (χ4n) is 7.21.